The lowest BCUT2D eigenvalue weighted by molar-refractivity contribution is -0.110. The lowest BCUT2D eigenvalue weighted by atomic mass is 9.91. The maximum atomic E-state index is 13.0. The highest BCUT2D eigenvalue weighted by atomic mass is 16.5. The number of carbonyl (C=O) groups excluding carboxylic acids is 2. The summed E-state index contributed by atoms with van der Waals surface area (Å²) in [6.45, 7) is 0. The molecule has 4 aromatic rings. The number of methoxy groups -OCH3 is 1. The Kier molecular flexibility index (Phi) is 5.21. The Hall–Kier alpha value is -4.19. The molecule has 0 radical (unpaired) electrons. The van der Waals surface area contributed by atoms with Gasteiger partial charge < -0.3 is 15.0 Å². The van der Waals surface area contributed by atoms with Crippen LogP contribution in [0.5, 0.6) is 0 Å². The maximum Gasteiger partial charge on any atom is 0.337 e. The number of anilines is 1. The lowest BCUT2D eigenvalue weighted by Crippen LogP contribution is -2.04. The van der Waals surface area contributed by atoms with Gasteiger partial charge in [-0.2, -0.15) is 0 Å². The smallest absolute Gasteiger partial charge is 0.337 e. The summed E-state index contributed by atoms with van der Waals surface area (Å²) in [5, 5.41) is 5.23. The molecule has 174 valence electrons. The van der Waals surface area contributed by atoms with E-state index in [1.165, 1.54) is 29.3 Å². The number of aryl methyl sites for hydroxylation is 1. The third-order valence-corrected chi connectivity index (χ3v) is 7.06. The summed E-state index contributed by atoms with van der Waals surface area (Å²) in [4.78, 5) is 33.4. The van der Waals surface area contributed by atoms with Crippen molar-refractivity contribution in [2.45, 2.75) is 32.1 Å². The van der Waals surface area contributed by atoms with Crippen LogP contribution in [0.2, 0.25) is 0 Å². The van der Waals surface area contributed by atoms with Crippen molar-refractivity contribution in [3.05, 3.63) is 94.1 Å². The fourth-order valence-electron chi connectivity index (χ4n) is 5.31. The second-order valence-corrected chi connectivity index (χ2v) is 9.10. The first-order chi connectivity index (χ1) is 17.1. The molecule has 2 N–H and O–H groups in total. The molecule has 0 saturated heterocycles. The quantitative estimate of drug-likeness (QED) is 0.317. The number of benzene rings is 2. The SMILES string of the molecule is COC(=O)c1ccc2c(c1)C(=Cc1[nH]c3c(c1Cc1nccc4ccccc14)CCCC3)C(=O)N2. The molecule has 0 bridgehead atoms. The molecule has 6 nitrogen and oxygen atoms in total. The van der Waals surface area contributed by atoms with E-state index in [2.05, 4.69) is 22.4 Å². The monoisotopic (exact) mass is 463 g/mol. The van der Waals surface area contributed by atoms with Gasteiger partial charge in [0.1, 0.15) is 0 Å². The van der Waals surface area contributed by atoms with Crippen molar-refractivity contribution in [1.29, 1.82) is 0 Å². The number of pyridine rings is 1. The minimum atomic E-state index is -0.426. The standard InChI is InChI=1S/C29H25N3O3/c1-35-29(34)18-10-11-25-21(14-18)23(28(33)32-25)16-27-22(20-8-4-5-9-24(20)31-27)15-26-19-7-3-2-6-17(19)12-13-30-26/h2-3,6-7,10-14,16,31H,4-5,8-9,15H2,1H3,(H,32,33). The number of hydrogen-bond donors (Lipinski definition) is 2. The van der Waals surface area contributed by atoms with Crippen molar-refractivity contribution in [2.75, 3.05) is 12.4 Å². The zero-order chi connectivity index (χ0) is 23.9. The van der Waals surface area contributed by atoms with E-state index in [-0.39, 0.29) is 5.91 Å². The average molecular weight is 464 g/mol. The van der Waals surface area contributed by atoms with Gasteiger partial charge in [-0.15, -0.1) is 0 Å². The van der Waals surface area contributed by atoms with E-state index >= 15 is 0 Å². The van der Waals surface area contributed by atoms with Crippen molar-refractivity contribution in [3.63, 3.8) is 0 Å². The van der Waals surface area contributed by atoms with E-state index in [0.717, 1.165) is 42.5 Å². The van der Waals surface area contributed by atoms with E-state index in [1.54, 1.807) is 18.2 Å². The molecule has 6 heteroatoms. The van der Waals surface area contributed by atoms with Crippen LogP contribution in [0.25, 0.3) is 22.4 Å². The number of esters is 1. The number of H-pyrrole nitrogens is 1. The molecule has 0 fully saturated rings. The maximum absolute atomic E-state index is 13.0. The van der Waals surface area contributed by atoms with Crippen LogP contribution >= 0.6 is 0 Å². The van der Waals surface area contributed by atoms with Crippen LogP contribution in [0.4, 0.5) is 5.69 Å². The van der Waals surface area contributed by atoms with Crippen molar-refractivity contribution in [1.82, 2.24) is 9.97 Å². The van der Waals surface area contributed by atoms with Crippen LogP contribution in [0.15, 0.2) is 54.7 Å². The number of nitrogens with zero attached hydrogens (tertiary/aromatic N) is 1. The fourth-order valence-corrected chi connectivity index (χ4v) is 5.31. The predicted molar refractivity (Wildman–Crippen MR) is 136 cm³/mol. The Balaban J connectivity index is 1.48. The van der Waals surface area contributed by atoms with Crippen LogP contribution < -0.4 is 5.32 Å². The summed E-state index contributed by atoms with van der Waals surface area (Å²) >= 11 is 0. The minimum absolute atomic E-state index is 0.177. The van der Waals surface area contributed by atoms with Gasteiger partial charge >= 0.3 is 5.97 Å². The molecule has 6 rings (SSSR count). The zero-order valence-corrected chi connectivity index (χ0v) is 19.5. The van der Waals surface area contributed by atoms with Crippen molar-refractivity contribution >= 4 is 40.0 Å². The minimum Gasteiger partial charge on any atom is -0.465 e. The largest absolute Gasteiger partial charge is 0.465 e. The number of ether oxygens (including phenoxy) is 1. The molecule has 0 spiro atoms. The third kappa shape index (κ3) is 3.71. The number of aromatic amines is 1. The van der Waals surface area contributed by atoms with Crippen molar-refractivity contribution < 1.29 is 14.3 Å². The fraction of sp³-hybridized carbons (Fsp3) is 0.207. The number of aromatic nitrogens is 2. The molecule has 0 atom stereocenters. The van der Waals surface area contributed by atoms with Crippen LogP contribution in [-0.2, 0) is 28.8 Å². The van der Waals surface area contributed by atoms with E-state index < -0.39 is 5.97 Å². The second-order valence-electron chi connectivity index (χ2n) is 9.10. The molecule has 2 aromatic heterocycles. The van der Waals surface area contributed by atoms with Crippen LogP contribution in [0.3, 0.4) is 0 Å². The van der Waals surface area contributed by atoms with Gasteiger partial charge in [-0.25, -0.2) is 4.79 Å². The first-order valence-electron chi connectivity index (χ1n) is 11.9. The summed E-state index contributed by atoms with van der Waals surface area (Å²) < 4.78 is 4.88. The Morgan fingerprint density at radius 3 is 2.86 bits per heavy atom. The van der Waals surface area contributed by atoms with Crippen molar-refractivity contribution in [3.8, 4) is 0 Å². The molecular formula is C29H25N3O3. The van der Waals surface area contributed by atoms with E-state index in [4.69, 9.17) is 9.72 Å². The van der Waals surface area contributed by atoms with Gasteiger partial charge in [0.2, 0.25) is 0 Å². The third-order valence-electron chi connectivity index (χ3n) is 7.06. The summed E-state index contributed by atoms with van der Waals surface area (Å²) in [6.07, 6.45) is 8.81. The Morgan fingerprint density at radius 1 is 1.11 bits per heavy atom. The second kappa shape index (κ2) is 8.55. The summed E-state index contributed by atoms with van der Waals surface area (Å²) in [6, 6.07) is 15.5. The van der Waals surface area contributed by atoms with E-state index in [1.807, 2.05) is 30.5 Å². The van der Waals surface area contributed by atoms with Gasteiger partial charge in [0.15, 0.2) is 0 Å². The zero-order valence-electron chi connectivity index (χ0n) is 19.5. The summed E-state index contributed by atoms with van der Waals surface area (Å²) in [7, 11) is 1.35. The Labute approximate surface area is 203 Å². The summed E-state index contributed by atoms with van der Waals surface area (Å²) in [5.41, 5.74) is 8.12. The average Bonchev–Trinajstić information content (AvgIpc) is 3.40. The molecule has 0 saturated carbocycles. The summed E-state index contributed by atoms with van der Waals surface area (Å²) in [5.74, 6) is -0.603. The van der Waals surface area contributed by atoms with E-state index in [9.17, 15) is 9.59 Å². The topological polar surface area (TPSA) is 84.1 Å². The Bertz CT molecular complexity index is 1520. The van der Waals surface area contributed by atoms with Gasteiger partial charge in [-0.3, -0.25) is 9.78 Å². The normalized spacial score (nSPS) is 15.7. The number of hydrogen-bond acceptors (Lipinski definition) is 4. The Morgan fingerprint density at radius 2 is 1.97 bits per heavy atom. The molecule has 2 aromatic carbocycles. The first-order valence-corrected chi connectivity index (χ1v) is 11.9. The van der Waals surface area contributed by atoms with Crippen LogP contribution in [0, 0.1) is 0 Å². The number of nitrogens with one attached hydrogen (secondary N) is 2. The lowest BCUT2D eigenvalue weighted by Gasteiger charge is -2.13. The van der Waals surface area contributed by atoms with Gasteiger partial charge in [-0.05, 0) is 72.5 Å². The van der Waals surface area contributed by atoms with Crippen molar-refractivity contribution in [2.24, 2.45) is 0 Å². The number of amides is 1. The molecule has 1 aliphatic carbocycles. The number of carbonyl (C=O) groups is 2. The number of rotatable bonds is 4. The molecule has 0 unspecified atom stereocenters. The highest BCUT2D eigenvalue weighted by molar-refractivity contribution is 6.35. The van der Waals surface area contributed by atoms with Gasteiger partial charge in [-0.1, -0.05) is 24.3 Å². The predicted octanol–water partition coefficient (Wildman–Crippen LogP) is 5.31. The molecule has 2 aliphatic rings. The van der Waals surface area contributed by atoms with Gasteiger partial charge in [0.05, 0.1) is 23.9 Å². The molecule has 3 heterocycles. The van der Waals surface area contributed by atoms with Crippen LogP contribution in [0.1, 0.15) is 57.0 Å². The van der Waals surface area contributed by atoms with Gasteiger partial charge in [0, 0.05) is 40.6 Å². The van der Waals surface area contributed by atoms with E-state index in [0.29, 0.717) is 28.8 Å². The molecule has 35 heavy (non-hydrogen) atoms. The first kappa shape index (κ1) is 21.4. The molecule has 1 aliphatic heterocycles. The molecule has 1 amide bonds. The van der Waals surface area contributed by atoms with Crippen LogP contribution in [-0.4, -0.2) is 29.0 Å². The number of fused-ring (bicyclic) bond motifs is 3. The molecular weight excluding hydrogens is 438 g/mol. The highest BCUT2D eigenvalue weighted by Gasteiger charge is 2.27. The van der Waals surface area contributed by atoms with Gasteiger partial charge in [0.25, 0.3) is 5.91 Å². The highest BCUT2D eigenvalue weighted by Crippen LogP contribution is 2.37.